The van der Waals surface area contributed by atoms with Gasteiger partial charge in [-0.15, -0.1) is 0 Å². The van der Waals surface area contributed by atoms with Crippen molar-refractivity contribution >= 4 is 5.69 Å². The van der Waals surface area contributed by atoms with E-state index in [1.54, 1.807) is 6.07 Å². The van der Waals surface area contributed by atoms with E-state index < -0.39 is 0 Å². The van der Waals surface area contributed by atoms with Crippen LogP contribution in [0, 0.1) is 16.0 Å². The molecule has 0 bridgehead atoms. The third-order valence-electron chi connectivity index (χ3n) is 4.45. The van der Waals surface area contributed by atoms with E-state index in [0.29, 0.717) is 35.6 Å². The minimum atomic E-state index is -0.372. The molecule has 1 fully saturated rings. The summed E-state index contributed by atoms with van der Waals surface area (Å²) in [4.78, 5) is 10.9. The van der Waals surface area contributed by atoms with Crippen LogP contribution in [-0.4, -0.2) is 25.2 Å². The molecule has 1 saturated carbocycles. The zero-order chi connectivity index (χ0) is 16.1. The largest absolute Gasteiger partial charge is 0.493 e. The van der Waals surface area contributed by atoms with E-state index in [0.717, 1.165) is 6.42 Å². The van der Waals surface area contributed by atoms with Gasteiger partial charge in [0.1, 0.15) is 0 Å². The standard InChI is InChI=1S/C16H24N2O4/c1-11-6-4-5-7-13(11)17-10-12-8-15(21-2)16(22-3)9-14(12)18(19)20/h8-9,11,13,17H,4-7,10H2,1-3H3/t11-,13-/m0/s1. The third kappa shape index (κ3) is 3.68. The molecule has 1 N–H and O–H groups in total. The Morgan fingerprint density at radius 2 is 1.86 bits per heavy atom. The molecule has 0 saturated heterocycles. The van der Waals surface area contributed by atoms with Gasteiger partial charge in [-0.25, -0.2) is 0 Å². The number of nitrogens with zero attached hydrogens (tertiary/aromatic N) is 1. The molecule has 0 aliphatic heterocycles. The molecule has 0 radical (unpaired) electrons. The first-order chi connectivity index (χ1) is 10.6. The molecular weight excluding hydrogens is 284 g/mol. The van der Waals surface area contributed by atoms with Gasteiger partial charge in [-0.05, 0) is 24.8 Å². The fourth-order valence-electron chi connectivity index (χ4n) is 3.08. The first-order valence-corrected chi connectivity index (χ1v) is 7.69. The highest BCUT2D eigenvalue weighted by molar-refractivity contribution is 5.54. The molecule has 1 aromatic rings. The van der Waals surface area contributed by atoms with Crippen LogP contribution >= 0.6 is 0 Å². The summed E-state index contributed by atoms with van der Waals surface area (Å²) < 4.78 is 10.4. The first kappa shape index (κ1) is 16.5. The zero-order valence-corrected chi connectivity index (χ0v) is 13.4. The number of nitro benzene ring substituents is 1. The van der Waals surface area contributed by atoms with Crippen molar-refractivity contribution in [1.82, 2.24) is 5.32 Å². The lowest BCUT2D eigenvalue weighted by Gasteiger charge is -2.29. The summed E-state index contributed by atoms with van der Waals surface area (Å²) in [5.41, 5.74) is 0.689. The van der Waals surface area contributed by atoms with Gasteiger partial charge < -0.3 is 14.8 Å². The molecular formula is C16H24N2O4. The topological polar surface area (TPSA) is 73.6 Å². The minimum Gasteiger partial charge on any atom is -0.493 e. The second kappa shape index (κ2) is 7.45. The lowest BCUT2D eigenvalue weighted by Crippen LogP contribution is -2.36. The Kier molecular flexibility index (Phi) is 5.60. The van der Waals surface area contributed by atoms with Crippen molar-refractivity contribution in [3.8, 4) is 11.5 Å². The van der Waals surface area contributed by atoms with Crippen LogP contribution in [0.15, 0.2) is 12.1 Å². The molecule has 1 aliphatic carbocycles. The molecule has 122 valence electrons. The highest BCUT2D eigenvalue weighted by atomic mass is 16.6. The maximum absolute atomic E-state index is 11.3. The summed E-state index contributed by atoms with van der Waals surface area (Å²) in [5.74, 6) is 1.50. The summed E-state index contributed by atoms with van der Waals surface area (Å²) >= 11 is 0. The quantitative estimate of drug-likeness (QED) is 0.645. The number of ether oxygens (including phenoxy) is 2. The van der Waals surface area contributed by atoms with E-state index >= 15 is 0 Å². The predicted octanol–water partition coefficient (Wildman–Crippen LogP) is 3.28. The van der Waals surface area contributed by atoms with Crippen LogP contribution in [0.4, 0.5) is 5.69 Å². The molecule has 0 unspecified atom stereocenters. The average molecular weight is 308 g/mol. The highest BCUT2D eigenvalue weighted by Gasteiger charge is 2.23. The third-order valence-corrected chi connectivity index (χ3v) is 4.45. The average Bonchev–Trinajstić information content (AvgIpc) is 2.53. The number of nitrogens with one attached hydrogen (secondary N) is 1. The number of hydrogen-bond donors (Lipinski definition) is 1. The molecule has 0 heterocycles. The zero-order valence-electron chi connectivity index (χ0n) is 13.4. The van der Waals surface area contributed by atoms with E-state index in [1.807, 2.05) is 0 Å². The van der Waals surface area contributed by atoms with Gasteiger partial charge in [-0.2, -0.15) is 0 Å². The first-order valence-electron chi connectivity index (χ1n) is 7.69. The minimum absolute atomic E-state index is 0.0635. The van der Waals surface area contributed by atoms with Crippen molar-refractivity contribution in [2.45, 2.75) is 45.2 Å². The summed E-state index contributed by atoms with van der Waals surface area (Å²) in [6.07, 6.45) is 4.83. The molecule has 6 nitrogen and oxygen atoms in total. The van der Waals surface area contributed by atoms with E-state index in [9.17, 15) is 10.1 Å². The Morgan fingerprint density at radius 3 is 2.45 bits per heavy atom. The normalized spacial score (nSPS) is 21.4. The molecule has 22 heavy (non-hydrogen) atoms. The molecule has 6 heteroatoms. The van der Waals surface area contributed by atoms with Crippen molar-refractivity contribution < 1.29 is 14.4 Å². The summed E-state index contributed by atoms with van der Waals surface area (Å²) in [7, 11) is 3.01. The molecule has 0 spiro atoms. The van der Waals surface area contributed by atoms with Crippen molar-refractivity contribution in [3.63, 3.8) is 0 Å². The molecule has 1 aliphatic rings. The fraction of sp³-hybridized carbons (Fsp3) is 0.625. The Bertz CT molecular complexity index is 533. The van der Waals surface area contributed by atoms with Crippen LogP contribution in [0.3, 0.4) is 0 Å². The van der Waals surface area contributed by atoms with Gasteiger partial charge in [0.05, 0.1) is 25.2 Å². The number of hydrogen-bond acceptors (Lipinski definition) is 5. The van der Waals surface area contributed by atoms with Crippen LogP contribution in [0.2, 0.25) is 0 Å². The van der Waals surface area contributed by atoms with Crippen LogP contribution in [0.5, 0.6) is 11.5 Å². The summed E-state index contributed by atoms with van der Waals surface area (Å²) in [6.45, 7) is 2.70. The number of benzene rings is 1. The van der Waals surface area contributed by atoms with E-state index in [-0.39, 0.29) is 10.6 Å². The van der Waals surface area contributed by atoms with Gasteiger partial charge in [0.2, 0.25) is 0 Å². The Labute approximate surface area is 131 Å². The summed E-state index contributed by atoms with van der Waals surface area (Å²) in [6, 6.07) is 3.54. The Balaban J connectivity index is 2.19. The van der Waals surface area contributed by atoms with Gasteiger partial charge in [-0.3, -0.25) is 10.1 Å². The second-order valence-corrected chi connectivity index (χ2v) is 5.84. The van der Waals surface area contributed by atoms with Crippen LogP contribution < -0.4 is 14.8 Å². The molecule has 2 rings (SSSR count). The van der Waals surface area contributed by atoms with E-state index in [4.69, 9.17) is 9.47 Å². The van der Waals surface area contributed by atoms with Gasteiger partial charge in [0.15, 0.2) is 11.5 Å². The van der Waals surface area contributed by atoms with E-state index in [2.05, 4.69) is 12.2 Å². The van der Waals surface area contributed by atoms with Gasteiger partial charge >= 0.3 is 0 Å². The predicted molar refractivity (Wildman–Crippen MR) is 84.5 cm³/mol. The number of rotatable bonds is 6. The smallest absolute Gasteiger partial charge is 0.277 e. The maximum Gasteiger partial charge on any atom is 0.277 e. The molecule has 1 aromatic carbocycles. The van der Waals surface area contributed by atoms with Crippen molar-refractivity contribution in [1.29, 1.82) is 0 Å². The van der Waals surface area contributed by atoms with Crippen LogP contribution in [0.25, 0.3) is 0 Å². The molecule has 0 amide bonds. The maximum atomic E-state index is 11.3. The van der Waals surface area contributed by atoms with Gasteiger partial charge in [-0.1, -0.05) is 19.8 Å². The van der Waals surface area contributed by atoms with Crippen LogP contribution in [0.1, 0.15) is 38.2 Å². The summed E-state index contributed by atoms with van der Waals surface area (Å²) in [5, 5.41) is 14.8. The van der Waals surface area contributed by atoms with E-state index in [1.165, 1.54) is 39.5 Å². The lowest BCUT2D eigenvalue weighted by atomic mass is 9.86. The second-order valence-electron chi connectivity index (χ2n) is 5.84. The number of nitro groups is 1. The van der Waals surface area contributed by atoms with Gasteiger partial charge in [0.25, 0.3) is 5.69 Å². The SMILES string of the molecule is COc1cc(CN[C@H]2CCCC[C@@H]2C)c([N+](=O)[O-])cc1OC. The highest BCUT2D eigenvalue weighted by Crippen LogP contribution is 2.34. The Hall–Kier alpha value is -1.82. The van der Waals surface area contributed by atoms with Crippen LogP contribution in [-0.2, 0) is 6.54 Å². The van der Waals surface area contributed by atoms with Crippen molar-refractivity contribution in [3.05, 3.63) is 27.8 Å². The lowest BCUT2D eigenvalue weighted by molar-refractivity contribution is -0.385. The monoisotopic (exact) mass is 308 g/mol. The fourth-order valence-corrected chi connectivity index (χ4v) is 3.08. The Morgan fingerprint density at radius 1 is 1.23 bits per heavy atom. The molecule has 2 atom stereocenters. The van der Waals surface area contributed by atoms with Crippen molar-refractivity contribution in [2.75, 3.05) is 14.2 Å². The number of methoxy groups -OCH3 is 2. The van der Waals surface area contributed by atoms with Crippen molar-refractivity contribution in [2.24, 2.45) is 5.92 Å². The molecule has 0 aromatic heterocycles. The van der Waals surface area contributed by atoms with Gasteiger partial charge in [0, 0.05) is 18.2 Å².